The van der Waals surface area contributed by atoms with E-state index in [0.717, 1.165) is 11.3 Å². The SMILES string of the molecule is COc1cc(C(=O)NCc2cc(OC)c(OC)c(OC)c2)ccc1OCc1cscn1. The minimum atomic E-state index is -0.252. The Labute approximate surface area is 184 Å². The maximum atomic E-state index is 12.7. The first kappa shape index (κ1) is 22.2. The summed E-state index contributed by atoms with van der Waals surface area (Å²) in [5, 5.41) is 4.80. The topological polar surface area (TPSA) is 88.1 Å². The molecule has 0 radical (unpaired) electrons. The lowest BCUT2D eigenvalue weighted by atomic mass is 10.1. The van der Waals surface area contributed by atoms with Crippen LogP contribution in [0.5, 0.6) is 28.7 Å². The smallest absolute Gasteiger partial charge is 0.251 e. The number of hydrogen-bond acceptors (Lipinski definition) is 8. The summed E-state index contributed by atoms with van der Waals surface area (Å²) in [5.41, 5.74) is 3.83. The van der Waals surface area contributed by atoms with Gasteiger partial charge in [0, 0.05) is 17.5 Å². The Balaban J connectivity index is 1.69. The highest BCUT2D eigenvalue weighted by atomic mass is 32.1. The second kappa shape index (κ2) is 10.5. The van der Waals surface area contributed by atoms with E-state index in [0.29, 0.717) is 40.9 Å². The molecule has 9 heteroatoms. The highest BCUT2D eigenvalue weighted by Gasteiger charge is 2.15. The third-order valence-corrected chi connectivity index (χ3v) is 5.10. The van der Waals surface area contributed by atoms with Gasteiger partial charge in [0.15, 0.2) is 23.0 Å². The number of hydrogen-bond donors (Lipinski definition) is 1. The van der Waals surface area contributed by atoms with E-state index in [1.165, 1.54) is 18.4 Å². The van der Waals surface area contributed by atoms with Crippen LogP contribution in [0, 0.1) is 0 Å². The van der Waals surface area contributed by atoms with Gasteiger partial charge in [-0.3, -0.25) is 4.79 Å². The summed E-state index contributed by atoms with van der Waals surface area (Å²) >= 11 is 1.50. The number of carbonyl (C=O) groups is 1. The molecule has 3 aromatic rings. The van der Waals surface area contributed by atoms with Gasteiger partial charge in [-0.05, 0) is 35.9 Å². The molecule has 0 fully saturated rings. The molecule has 0 atom stereocenters. The van der Waals surface area contributed by atoms with Crippen LogP contribution in [0.2, 0.25) is 0 Å². The fraction of sp³-hybridized carbons (Fsp3) is 0.273. The summed E-state index contributed by atoms with van der Waals surface area (Å²) < 4.78 is 27.2. The van der Waals surface area contributed by atoms with Crippen molar-refractivity contribution >= 4 is 17.2 Å². The van der Waals surface area contributed by atoms with Gasteiger partial charge in [-0.2, -0.15) is 0 Å². The Bertz CT molecular complexity index is 998. The first-order valence-electron chi connectivity index (χ1n) is 9.34. The number of benzene rings is 2. The van der Waals surface area contributed by atoms with Gasteiger partial charge in [-0.1, -0.05) is 0 Å². The maximum Gasteiger partial charge on any atom is 0.251 e. The molecule has 1 heterocycles. The van der Waals surface area contributed by atoms with Crippen molar-refractivity contribution in [2.75, 3.05) is 28.4 Å². The largest absolute Gasteiger partial charge is 0.493 e. The van der Waals surface area contributed by atoms with Crippen LogP contribution >= 0.6 is 11.3 Å². The molecular weight excluding hydrogens is 420 g/mol. The lowest BCUT2D eigenvalue weighted by Crippen LogP contribution is -2.23. The third kappa shape index (κ3) is 5.37. The van der Waals surface area contributed by atoms with Crippen molar-refractivity contribution in [3.8, 4) is 28.7 Å². The molecule has 8 nitrogen and oxygen atoms in total. The molecular formula is C22H24N2O6S. The Morgan fingerprint density at radius 2 is 1.65 bits per heavy atom. The lowest BCUT2D eigenvalue weighted by molar-refractivity contribution is 0.0950. The molecule has 3 rings (SSSR count). The van der Waals surface area contributed by atoms with Crippen LogP contribution in [0.15, 0.2) is 41.2 Å². The number of methoxy groups -OCH3 is 4. The van der Waals surface area contributed by atoms with Gasteiger partial charge in [0.05, 0.1) is 39.6 Å². The van der Waals surface area contributed by atoms with Gasteiger partial charge in [0.1, 0.15) is 6.61 Å². The summed E-state index contributed by atoms with van der Waals surface area (Å²) in [6, 6.07) is 8.61. The van der Waals surface area contributed by atoms with Gasteiger partial charge >= 0.3 is 0 Å². The van der Waals surface area contributed by atoms with E-state index in [1.807, 2.05) is 5.38 Å². The molecule has 1 amide bonds. The molecule has 1 aromatic heterocycles. The van der Waals surface area contributed by atoms with Crippen LogP contribution in [0.25, 0.3) is 0 Å². The zero-order chi connectivity index (χ0) is 22.2. The van der Waals surface area contributed by atoms with Gasteiger partial charge in [-0.15, -0.1) is 11.3 Å². The van der Waals surface area contributed by atoms with Crippen LogP contribution < -0.4 is 29.0 Å². The molecule has 0 saturated heterocycles. The first-order chi connectivity index (χ1) is 15.1. The molecule has 0 unspecified atom stereocenters. The molecule has 2 aromatic carbocycles. The number of nitrogens with one attached hydrogen (secondary N) is 1. The van der Waals surface area contributed by atoms with E-state index in [2.05, 4.69) is 10.3 Å². The Hall–Kier alpha value is -3.46. The fourth-order valence-corrected chi connectivity index (χ4v) is 3.45. The van der Waals surface area contributed by atoms with Crippen molar-refractivity contribution in [1.29, 1.82) is 0 Å². The van der Waals surface area contributed by atoms with Crippen molar-refractivity contribution in [2.45, 2.75) is 13.2 Å². The number of amides is 1. The van der Waals surface area contributed by atoms with Crippen LogP contribution in [0.3, 0.4) is 0 Å². The summed E-state index contributed by atoms with van der Waals surface area (Å²) in [6.07, 6.45) is 0. The first-order valence-corrected chi connectivity index (χ1v) is 10.3. The van der Waals surface area contributed by atoms with Crippen molar-refractivity contribution in [1.82, 2.24) is 10.3 Å². The van der Waals surface area contributed by atoms with Gasteiger partial charge in [-0.25, -0.2) is 4.98 Å². The molecule has 0 aliphatic carbocycles. The highest BCUT2D eigenvalue weighted by molar-refractivity contribution is 7.07. The number of aromatic nitrogens is 1. The predicted octanol–water partition coefficient (Wildman–Crippen LogP) is 3.69. The second-order valence-electron chi connectivity index (χ2n) is 6.35. The summed E-state index contributed by atoms with van der Waals surface area (Å²) in [5.74, 6) is 2.30. The number of rotatable bonds is 10. The van der Waals surface area contributed by atoms with Gasteiger partial charge < -0.3 is 29.0 Å². The quantitative estimate of drug-likeness (QED) is 0.510. The third-order valence-electron chi connectivity index (χ3n) is 4.46. The Morgan fingerprint density at radius 3 is 2.23 bits per heavy atom. The minimum Gasteiger partial charge on any atom is -0.493 e. The monoisotopic (exact) mass is 444 g/mol. The van der Waals surface area contributed by atoms with Crippen LogP contribution in [0.4, 0.5) is 0 Å². The molecule has 0 aliphatic heterocycles. The number of nitrogens with zero attached hydrogens (tertiary/aromatic N) is 1. The molecule has 0 spiro atoms. The molecule has 31 heavy (non-hydrogen) atoms. The molecule has 0 bridgehead atoms. The highest BCUT2D eigenvalue weighted by Crippen LogP contribution is 2.38. The molecule has 1 N–H and O–H groups in total. The average molecular weight is 445 g/mol. The van der Waals surface area contributed by atoms with Crippen LogP contribution in [-0.2, 0) is 13.2 Å². The lowest BCUT2D eigenvalue weighted by Gasteiger charge is -2.15. The summed E-state index contributed by atoms with van der Waals surface area (Å²) in [4.78, 5) is 16.9. The van der Waals surface area contributed by atoms with Crippen molar-refractivity contribution in [2.24, 2.45) is 0 Å². The zero-order valence-corrected chi connectivity index (χ0v) is 18.6. The Morgan fingerprint density at radius 1 is 0.935 bits per heavy atom. The van der Waals surface area contributed by atoms with E-state index in [1.54, 1.807) is 57.2 Å². The average Bonchev–Trinajstić information content (AvgIpc) is 3.33. The predicted molar refractivity (Wildman–Crippen MR) is 117 cm³/mol. The number of ether oxygens (including phenoxy) is 5. The minimum absolute atomic E-state index is 0.252. The Kier molecular flexibility index (Phi) is 7.55. The molecule has 164 valence electrons. The zero-order valence-electron chi connectivity index (χ0n) is 17.8. The number of carbonyl (C=O) groups excluding carboxylic acids is 1. The normalized spacial score (nSPS) is 10.3. The van der Waals surface area contributed by atoms with Gasteiger partial charge in [0.2, 0.25) is 5.75 Å². The molecule has 0 saturated carbocycles. The van der Waals surface area contributed by atoms with E-state index in [-0.39, 0.29) is 12.5 Å². The summed E-state index contributed by atoms with van der Waals surface area (Å²) in [7, 11) is 6.16. The van der Waals surface area contributed by atoms with Crippen LogP contribution in [-0.4, -0.2) is 39.3 Å². The maximum absolute atomic E-state index is 12.7. The van der Waals surface area contributed by atoms with Crippen LogP contribution in [0.1, 0.15) is 21.6 Å². The second-order valence-corrected chi connectivity index (χ2v) is 7.07. The fourth-order valence-electron chi connectivity index (χ4n) is 2.91. The van der Waals surface area contributed by atoms with Crippen molar-refractivity contribution < 1.29 is 28.5 Å². The van der Waals surface area contributed by atoms with E-state index >= 15 is 0 Å². The van der Waals surface area contributed by atoms with E-state index < -0.39 is 0 Å². The van der Waals surface area contributed by atoms with Gasteiger partial charge in [0.25, 0.3) is 5.91 Å². The van der Waals surface area contributed by atoms with E-state index in [9.17, 15) is 4.79 Å². The van der Waals surface area contributed by atoms with Crippen molar-refractivity contribution in [3.63, 3.8) is 0 Å². The summed E-state index contributed by atoms with van der Waals surface area (Å²) in [6.45, 7) is 0.604. The van der Waals surface area contributed by atoms with E-state index in [4.69, 9.17) is 23.7 Å². The molecule has 0 aliphatic rings. The van der Waals surface area contributed by atoms with Crippen molar-refractivity contribution in [3.05, 3.63) is 58.0 Å². The standard InChI is InChI=1S/C22H24N2O6S/c1-26-18-9-15(5-6-17(18)30-11-16-12-31-13-24-16)22(25)23-10-14-7-19(27-2)21(29-4)20(8-14)28-3/h5-9,12-13H,10-11H2,1-4H3,(H,23,25). The number of thiazole rings is 1.